The fourth-order valence-corrected chi connectivity index (χ4v) is 5.34. The molecule has 1 saturated carbocycles. The highest BCUT2D eigenvalue weighted by molar-refractivity contribution is 5.97. The van der Waals surface area contributed by atoms with Crippen molar-refractivity contribution in [3.05, 3.63) is 35.9 Å². The summed E-state index contributed by atoms with van der Waals surface area (Å²) in [6.07, 6.45) is 1.26. The Labute approximate surface area is 146 Å². The molecular weight excluding hydrogens is 316 g/mol. The minimum Gasteiger partial charge on any atom is -0.311 e. The van der Waals surface area contributed by atoms with Gasteiger partial charge in [0, 0.05) is 0 Å². The van der Waals surface area contributed by atoms with Crippen molar-refractivity contribution in [1.82, 2.24) is 0 Å². The van der Waals surface area contributed by atoms with E-state index in [2.05, 4.69) is 17.1 Å². The van der Waals surface area contributed by atoms with E-state index in [0.29, 0.717) is 13.0 Å². The van der Waals surface area contributed by atoms with Gasteiger partial charge < -0.3 is 9.47 Å². The number of nitriles is 2. The second-order valence-electron chi connectivity index (χ2n) is 7.14. The third kappa shape index (κ3) is 1.38. The number of amidine groups is 1. The van der Waals surface area contributed by atoms with Gasteiger partial charge in [-0.1, -0.05) is 43.7 Å². The molecule has 6 nitrogen and oxygen atoms in total. The van der Waals surface area contributed by atoms with Crippen LogP contribution in [-0.2, 0) is 14.9 Å². The lowest BCUT2D eigenvalue weighted by Crippen LogP contribution is -2.90. The number of nitrogens with two attached hydrogens (primary N) is 1. The molecule has 1 aromatic carbocycles. The van der Waals surface area contributed by atoms with Crippen LogP contribution < -0.4 is 10.7 Å². The first-order valence-electron chi connectivity index (χ1n) is 8.63. The van der Waals surface area contributed by atoms with E-state index in [4.69, 9.17) is 15.2 Å². The van der Waals surface area contributed by atoms with Crippen molar-refractivity contribution in [2.75, 3.05) is 6.61 Å². The van der Waals surface area contributed by atoms with Gasteiger partial charge in [-0.2, -0.15) is 10.5 Å². The van der Waals surface area contributed by atoms with Crippen LogP contribution in [0.1, 0.15) is 32.3 Å². The first kappa shape index (κ1) is 16.1. The Balaban J connectivity index is 2.03. The molecule has 4 rings (SSSR count). The SMILES string of the molecule is CCC[C@@]1(c2ccccc2)[C@]2(C#N)C(N)=[NH+][C@@]3(OC[C@H](C)O3)[C@@]21C#N. The van der Waals surface area contributed by atoms with Gasteiger partial charge in [0.25, 0.3) is 5.84 Å². The Bertz CT molecular complexity index is 841. The largest absolute Gasteiger partial charge is 0.344 e. The molecular formula is C19H21N4O2+. The van der Waals surface area contributed by atoms with Crippen molar-refractivity contribution in [3.8, 4) is 12.1 Å². The highest BCUT2D eigenvalue weighted by Crippen LogP contribution is 2.84. The number of nitrogens with one attached hydrogen (secondary N) is 1. The van der Waals surface area contributed by atoms with Crippen molar-refractivity contribution < 1.29 is 14.5 Å². The molecule has 1 spiro atoms. The molecule has 0 radical (unpaired) electrons. The third-order valence-corrected chi connectivity index (χ3v) is 6.09. The van der Waals surface area contributed by atoms with Crippen LogP contribution in [-0.4, -0.2) is 24.5 Å². The summed E-state index contributed by atoms with van der Waals surface area (Å²) in [7, 11) is 0. The number of fused-ring (bicyclic) bond motifs is 2. The molecule has 1 saturated heterocycles. The normalized spacial score (nSPS) is 44.0. The van der Waals surface area contributed by atoms with Crippen molar-refractivity contribution in [3.63, 3.8) is 0 Å². The highest BCUT2D eigenvalue weighted by Gasteiger charge is 3.04. The summed E-state index contributed by atoms with van der Waals surface area (Å²) in [5.74, 6) is -1.12. The zero-order chi connectivity index (χ0) is 17.9. The monoisotopic (exact) mass is 337 g/mol. The molecule has 0 amide bonds. The second-order valence-corrected chi connectivity index (χ2v) is 7.14. The van der Waals surface area contributed by atoms with Gasteiger partial charge in [-0.25, -0.2) is 4.99 Å². The van der Waals surface area contributed by atoms with Gasteiger partial charge in [-0.15, -0.1) is 0 Å². The Kier molecular flexibility index (Phi) is 3.10. The minimum absolute atomic E-state index is 0.185. The van der Waals surface area contributed by atoms with Gasteiger partial charge in [-0.3, -0.25) is 5.73 Å². The zero-order valence-electron chi connectivity index (χ0n) is 14.4. The lowest BCUT2D eigenvalue weighted by atomic mass is 9.79. The van der Waals surface area contributed by atoms with Crippen LogP contribution in [0.5, 0.6) is 0 Å². The smallest absolute Gasteiger partial charge is 0.311 e. The van der Waals surface area contributed by atoms with Crippen LogP contribution >= 0.6 is 0 Å². The van der Waals surface area contributed by atoms with Crippen molar-refractivity contribution in [2.24, 2.45) is 16.6 Å². The fourth-order valence-electron chi connectivity index (χ4n) is 5.34. The number of rotatable bonds is 3. The summed E-state index contributed by atoms with van der Waals surface area (Å²) in [5.41, 5.74) is 4.09. The lowest BCUT2D eigenvalue weighted by molar-refractivity contribution is -0.679. The van der Waals surface area contributed by atoms with Crippen LogP contribution in [0.15, 0.2) is 30.3 Å². The number of ether oxygens (including phenoxy) is 2. The summed E-state index contributed by atoms with van der Waals surface area (Å²) in [6, 6.07) is 14.5. The molecule has 3 aliphatic rings. The van der Waals surface area contributed by atoms with Gasteiger partial charge in [0.1, 0.15) is 0 Å². The standard InChI is InChI=1S/C19H20N4O2/c1-3-9-16(14-7-5-4-6-8-14)17(11-20)15(22)23-19(18(16,17)12-21)24-10-13(2)25-19/h4-8,13H,3,9-10H2,1-2H3,(H2,22,23)/p+1/t13-,16+,17-,18+,19+/m0/s1. The number of hydrogen-bond donors (Lipinski definition) is 2. The Hall–Kier alpha value is -2.41. The number of benzene rings is 1. The predicted octanol–water partition coefficient (Wildman–Crippen LogP) is 0.299. The molecule has 2 heterocycles. The van der Waals surface area contributed by atoms with E-state index in [1.165, 1.54) is 0 Å². The molecule has 2 fully saturated rings. The van der Waals surface area contributed by atoms with E-state index < -0.39 is 22.2 Å². The Morgan fingerprint density at radius 3 is 2.52 bits per heavy atom. The quantitative estimate of drug-likeness (QED) is 0.825. The van der Waals surface area contributed by atoms with Crippen LogP contribution in [0.3, 0.4) is 0 Å². The van der Waals surface area contributed by atoms with Gasteiger partial charge in [0.05, 0.1) is 30.3 Å². The molecule has 1 aliphatic carbocycles. The average Bonchev–Trinajstić information content (AvgIpc) is 2.83. The van der Waals surface area contributed by atoms with E-state index in [1.54, 1.807) is 0 Å². The summed E-state index contributed by atoms with van der Waals surface area (Å²) >= 11 is 0. The molecule has 0 bridgehead atoms. The maximum Gasteiger partial charge on any atom is 0.344 e. The first-order valence-corrected chi connectivity index (χ1v) is 8.63. The Morgan fingerprint density at radius 1 is 1.28 bits per heavy atom. The molecule has 2 aliphatic heterocycles. The van der Waals surface area contributed by atoms with Gasteiger partial charge in [0.15, 0.2) is 10.8 Å². The molecule has 6 heteroatoms. The van der Waals surface area contributed by atoms with E-state index in [0.717, 1.165) is 12.0 Å². The summed E-state index contributed by atoms with van der Waals surface area (Å²) in [5, 5.41) is 20.6. The van der Waals surface area contributed by atoms with E-state index in [9.17, 15) is 10.5 Å². The van der Waals surface area contributed by atoms with Crippen molar-refractivity contribution >= 4 is 5.84 Å². The topological polar surface area (TPSA) is 106 Å². The fraction of sp³-hybridized carbons (Fsp3) is 0.526. The lowest BCUT2D eigenvalue weighted by Gasteiger charge is -2.29. The molecule has 25 heavy (non-hydrogen) atoms. The maximum atomic E-state index is 10.3. The van der Waals surface area contributed by atoms with E-state index in [1.807, 2.05) is 44.2 Å². The highest BCUT2D eigenvalue weighted by atomic mass is 16.8. The van der Waals surface area contributed by atoms with Crippen LogP contribution in [0.2, 0.25) is 0 Å². The van der Waals surface area contributed by atoms with Gasteiger partial charge >= 0.3 is 5.91 Å². The Morgan fingerprint density at radius 2 is 2.00 bits per heavy atom. The summed E-state index contributed by atoms with van der Waals surface area (Å²) in [4.78, 5) is 3.03. The average molecular weight is 337 g/mol. The molecule has 1 aromatic rings. The van der Waals surface area contributed by atoms with Crippen molar-refractivity contribution in [1.29, 1.82) is 10.5 Å². The molecule has 5 atom stereocenters. The minimum atomic E-state index is -1.38. The third-order valence-electron chi connectivity index (χ3n) is 6.09. The van der Waals surface area contributed by atoms with Gasteiger partial charge in [-0.05, 0) is 18.9 Å². The van der Waals surface area contributed by atoms with E-state index in [-0.39, 0.29) is 11.9 Å². The van der Waals surface area contributed by atoms with Gasteiger partial charge in [0.2, 0.25) is 0 Å². The van der Waals surface area contributed by atoms with Crippen LogP contribution in [0, 0.1) is 33.5 Å². The van der Waals surface area contributed by atoms with Crippen LogP contribution in [0.25, 0.3) is 0 Å². The summed E-state index contributed by atoms with van der Waals surface area (Å²) in [6.45, 7) is 4.28. The van der Waals surface area contributed by atoms with Crippen LogP contribution in [0.4, 0.5) is 0 Å². The molecule has 3 N–H and O–H groups in total. The zero-order valence-corrected chi connectivity index (χ0v) is 14.4. The molecule has 0 aromatic heterocycles. The molecule has 0 unspecified atom stereocenters. The maximum absolute atomic E-state index is 10.3. The van der Waals surface area contributed by atoms with E-state index >= 15 is 0 Å². The number of nitrogens with zero attached hydrogens (tertiary/aromatic N) is 2. The predicted molar refractivity (Wildman–Crippen MR) is 88.5 cm³/mol. The summed E-state index contributed by atoms with van der Waals surface area (Å²) < 4.78 is 12.0. The number of hydrogen-bond acceptors (Lipinski definition) is 5. The second kappa shape index (κ2) is 4.82. The first-order chi connectivity index (χ1) is 12.0. The van der Waals surface area contributed by atoms with Crippen molar-refractivity contribution in [2.45, 2.75) is 44.1 Å². The molecule has 128 valence electrons.